The van der Waals surface area contributed by atoms with Crippen molar-refractivity contribution in [2.24, 2.45) is 0 Å². The first-order chi connectivity index (χ1) is 12.0. The Labute approximate surface area is 151 Å². The highest BCUT2D eigenvalue weighted by molar-refractivity contribution is 5.83. The molecular formula is C22H28N2O. The van der Waals surface area contributed by atoms with Crippen molar-refractivity contribution < 1.29 is 4.79 Å². The minimum atomic E-state index is -0.109. The van der Waals surface area contributed by atoms with Crippen molar-refractivity contribution in [3.05, 3.63) is 70.8 Å². The molecule has 1 atom stereocenters. The number of piperazine rings is 1. The van der Waals surface area contributed by atoms with Gasteiger partial charge in [-0.15, -0.1) is 0 Å². The van der Waals surface area contributed by atoms with Crippen LogP contribution >= 0.6 is 0 Å². The normalized spacial score (nSPS) is 17.4. The Morgan fingerprint density at radius 3 is 2.20 bits per heavy atom. The van der Waals surface area contributed by atoms with E-state index in [1.165, 1.54) is 16.7 Å². The minimum absolute atomic E-state index is 0.109. The predicted octanol–water partition coefficient (Wildman–Crippen LogP) is 3.75. The van der Waals surface area contributed by atoms with Gasteiger partial charge in [-0.05, 0) is 37.5 Å². The molecule has 0 bridgehead atoms. The fraction of sp³-hybridized carbons (Fsp3) is 0.409. The van der Waals surface area contributed by atoms with Crippen LogP contribution in [0.15, 0.2) is 48.5 Å². The number of benzene rings is 2. The summed E-state index contributed by atoms with van der Waals surface area (Å²) in [4.78, 5) is 17.2. The highest BCUT2D eigenvalue weighted by atomic mass is 16.1. The summed E-state index contributed by atoms with van der Waals surface area (Å²) in [6.07, 6.45) is 0. The van der Waals surface area contributed by atoms with Gasteiger partial charge in [0.05, 0.1) is 6.04 Å². The second kappa shape index (κ2) is 7.94. The van der Waals surface area contributed by atoms with E-state index in [2.05, 4.69) is 60.0 Å². The summed E-state index contributed by atoms with van der Waals surface area (Å²) >= 11 is 0. The molecule has 25 heavy (non-hydrogen) atoms. The second-order valence-electron chi connectivity index (χ2n) is 7.17. The highest BCUT2D eigenvalue weighted by Gasteiger charge is 2.28. The molecular weight excluding hydrogens is 308 g/mol. The quantitative estimate of drug-likeness (QED) is 0.831. The van der Waals surface area contributed by atoms with Crippen LogP contribution in [-0.2, 0) is 11.3 Å². The van der Waals surface area contributed by atoms with Crippen molar-refractivity contribution in [2.75, 3.05) is 26.2 Å². The third kappa shape index (κ3) is 4.36. The van der Waals surface area contributed by atoms with Crippen LogP contribution in [0.2, 0.25) is 0 Å². The molecule has 0 radical (unpaired) electrons. The molecule has 3 nitrogen and oxygen atoms in total. The fourth-order valence-corrected chi connectivity index (χ4v) is 3.70. The molecule has 2 aromatic carbocycles. The molecule has 1 aliphatic heterocycles. The molecule has 1 heterocycles. The van der Waals surface area contributed by atoms with Gasteiger partial charge in [0, 0.05) is 32.7 Å². The number of ketones is 1. The molecule has 1 aliphatic rings. The maximum absolute atomic E-state index is 12.3. The van der Waals surface area contributed by atoms with E-state index in [-0.39, 0.29) is 11.8 Å². The smallest absolute Gasteiger partial charge is 0.151 e. The zero-order chi connectivity index (χ0) is 17.8. The van der Waals surface area contributed by atoms with Crippen LogP contribution in [0.1, 0.15) is 35.2 Å². The molecule has 1 fully saturated rings. The van der Waals surface area contributed by atoms with Gasteiger partial charge in [-0.2, -0.15) is 0 Å². The van der Waals surface area contributed by atoms with Crippen molar-refractivity contribution in [3.63, 3.8) is 0 Å². The first-order valence-electron chi connectivity index (χ1n) is 9.12. The molecule has 3 rings (SSSR count). The summed E-state index contributed by atoms with van der Waals surface area (Å²) in [6.45, 7) is 10.8. The SMILES string of the molecule is CC(=O)C(c1ccccc1C)N1CCN(Cc2ccc(C)cc2)CC1. The van der Waals surface area contributed by atoms with Crippen LogP contribution in [-0.4, -0.2) is 41.8 Å². The van der Waals surface area contributed by atoms with E-state index in [0.29, 0.717) is 0 Å². The second-order valence-corrected chi connectivity index (χ2v) is 7.17. The van der Waals surface area contributed by atoms with Gasteiger partial charge in [-0.1, -0.05) is 54.1 Å². The molecule has 0 amide bonds. The highest BCUT2D eigenvalue weighted by Crippen LogP contribution is 2.26. The number of hydrogen-bond acceptors (Lipinski definition) is 3. The number of Topliss-reactive ketones (excluding diaryl/α,β-unsaturated/α-hetero) is 1. The molecule has 0 saturated carbocycles. The summed E-state index contributed by atoms with van der Waals surface area (Å²) in [5.41, 5.74) is 5.02. The summed E-state index contributed by atoms with van der Waals surface area (Å²) in [5.74, 6) is 0.237. The molecule has 0 spiro atoms. The topological polar surface area (TPSA) is 23.6 Å². The first-order valence-corrected chi connectivity index (χ1v) is 9.12. The first kappa shape index (κ1) is 17.8. The van der Waals surface area contributed by atoms with E-state index in [9.17, 15) is 4.79 Å². The number of aryl methyl sites for hydroxylation is 2. The third-order valence-corrected chi connectivity index (χ3v) is 5.17. The molecule has 2 aromatic rings. The Bertz CT molecular complexity index is 715. The van der Waals surface area contributed by atoms with E-state index < -0.39 is 0 Å². The van der Waals surface area contributed by atoms with E-state index >= 15 is 0 Å². The third-order valence-electron chi connectivity index (χ3n) is 5.17. The Kier molecular flexibility index (Phi) is 5.67. The molecule has 132 valence electrons. The minimum Gasteiger partial charge on any atom is -0.298 e. The Hall–Kier alpha value is -1.97. The number of carbonyl (C=O) groups excluding carboxylic acids is 1. The van der Waals surface area contributed by atoms with Crippen molar-refractivity contribution in [2.45, 2.75) is 33.4 Å². The zero-order valence-electron chi connectivity index (χ0n) is 15.5. The average Bonchev–Trinajstić information content (AvgIpc) is 2.60. The van der Waals surface area contributed by atoms with Crippen LogP contribution in [0.5, 0.6) is 0 Å². The monoisotopic (exact) mass is 336 g/mol. The predicted molar refractivity (Wildman–Crippen MR) is 103 cm³/mol. The lowest BCUT2D eigenvalue weighted by atomic mass is 9.96. The van der Waals surface area contributed by atoms with Crippen molar-refractivity contribution in [1.82, 2.24) is 9.80 Å². The molecule has 1 unspecified atom stereocenters. The van der Waals surface area contributed by atoms with E-state index in [4.69, 9.17) is 0 Å². The molecule has 0 aliphatic carbocycles. The molecule has 3 heteroatoms. The number of hydrogen-bond donors (Lipinski definition) is 0. The van der Waals surface area contributed by atoms with Gasteiger partial charge in [-0.3, -0.25) is 14.6 Å². The van der Waals surface area contributed by atoms with Crippen molar-refractivity contribution in [1.29, 1.82) is 0 Å². The van der Waals surface area contributed by atoms with Gasteiger partial charge in [0.15, 0.2) is 5.78 Å². The van der Waals surface area contributed by atoms with Crippen LogP contribution < -0.4 is 0 Å². The van der Waals surface area contributed by atoms with E-state index in [0.717, 1.165) is 38.3 Å². The number of rotatable bonds is 5. The molecule has 1 saturated heterocycles. The van der Waals surface area contributed by atoms with Crippen molar-refractivity contribution in [3.8, 4) is 0 Å². The molecule has 0 aromatic heterocycles. The van der Waals surface area contributed by atoms with Crippen LogP contribution in [0.25, 0.3) is 0 Å². The Morgan fingerprint density at radius 1 is 0.960 bits per heavy atom. The zero-order valence-corrected chi connectivity index (χ0v) is 15.5. The van der Waals surface area contributed by atoms with Crippen LogP contribution in [0.3, 0.4) is 0 Å². The van der Waals surface area contributed by atoms with Crippen LogP contribution in [0, 0.1) is 13.8 Å². The van der Waals surface area contributed by atoms with Gasteiger partial charge in [0.1, 0.15) is 0 Å². The van der Waals surface area contributed by atoms with Gasteiger partial charge >= 0.3 is 0 Å². The van der Waals surface area contributed by atoms with Crippen LogP contribution in [0.4, 0.5) is 0 Å². The Morgan fingerprint density at radius 2 is 1.60 bits per heavy atom. The van der Waals surface area contributed by atoms with Gasteiger partial charge < -0.3 is 0 Å². The average molecular weight is 336 g/mol. The van der Waals surface area contributed by atoms with Gasteiger partial charge in [-0.25, -0.2) is 0 Å². The summed E-state index contributed by atoms with van der Waals surface area (Å²) in [6, 6.07) is 16.9. The lowest BCUT2D eigenvalue weighted by molar-refractivity contribution is -0.123. The van der Waals surface area contributed by atoms with Gasteiger partial charge in [0.2, 0.25) is 0 Å². The fourth-order valence-electron chi connectivity index (χ4n) is 3.70. The summed E-state index contributed by atoms with van der Waals surface area (Å²) in [5, 5.41) is 0. The standard InChI is InChI=1S/C22H28N2O/c1-17-8-10-20(11-9-17)16-23-12-14-24(15-13-23)22(19(3)25)21-7-5-4-6-18(21)2/h4-11,22H,12-16H2,1-3H3. The number of carbonyl (C=O) groups is 1. The lowest BCUT2D eigenvalue weighted by Crippen LogP contribution is -2.48. The maximum Gasteiger partial charge on any atom is 0.151 e. The lowest BCUT2D eigenvalue weighted by Gasteiger charge is -2.39. The van der Waals surface area contributed by atoms with Gasteiger partial charge in [0.25, 0.3) is 0 Å². The summed E-state index contributed by atoms with van der Waals surface area (Å²) in [7, 11) is 0. The van der Waals surface area contributed by atoms with E-state index in [1.807, 2.05) is 12.1 Å². The number of nitrogens with zero attached hydrogens (tertiary/aromatic N) is 2. The largest absolute Gasteiger partial charge is 0.298 e. The maximum atomic E-state index is 12.3. The molecule has 0 N–H and O–H groups in total. The Balaban J connectivity index is 1.64. The summed E-state index contributed by atoms with van der Waals surface area (Å²) < 4.78 is 0. The van der Waals surface area contributed by atoms with E-state index in [1.54, 1.807) is 6.92 Å². The van der Waals surface area contributed by atoms with Crippen molar-refractivity contribution >= 4 is 5.78 Å².